The van der Waals surface area contributed by atoms with Crippen LogP contribution in [0.25, 0.3) is 0 Å². The minimum absolute atomic E-state index is 0.555. The molecule has 1 fully saturated rings. The van der Waals surface area contributed by atoms with Crippen LogP contribution in [-0.2, 0) is 6.54 Å². The smallest absolute Gasteiger partial charge is 0.166 e. The van der Waals surface area contributed by atoms with Gasteiger partial charge in [0.2, 0.25) is 0 Å². The van der Waals surface area contributed by atoms with Crippen molar-refractivity contribution < 1.29 is 4.52 Å². The van der Waals surface area contributed by atoms with Crippen molar-refractivity contribution in [2.75, 3.05) is 0 Å². The van der Waals surface area contributed by atoms with Crippen LogP contribution in [0.15, 0.2) is 4.52 Å². The van der Waals surface area contributed by atoms with Crippen molar-refractivity contribution in [1.29, 1.82) is 0 Å². The molecule has 94 valence electrons. The molecule has 1 heterocycles. The molecule has 2 N–H and O–H groups in total. The van der Waals surface area contributed by atoms with Gasteiger partial charge >= 0.3 is 0 Å². The fourth-order valence-electron chi connectivity index (χ4n) is 2.23. The molecule has 1 aliphatic carbocycles. The predicted octanol–water partition coefficient (Wildman–Crippen LogP) is 2.20. The summed E-state index contributed by atoms with van der Waals surface area (Å²) < 4.78 is 5.11. The van der Waals surface area contributed by atoms with Crippen LogP contribution in [0.2, 0.25) is 0 Å². The van der Waals surface area contributed by atoms with Crippen molar-refractivity contribution in [3.05, 3.63) is 17.0 Å². The maximum absolute atomic E-state index is 5.28. The van der Waals surface area contributed by atoms with Crippen LogP contribution in [0.1, 0.15) is 42.7 Å². The van der Waals surface area contributed by atoms with Crippen LogP contribution in [0.4, 0.5) is 0 Å². The van der Waals surface area contributed by atoms with Crippen molar-refractivity contribution in [3.8, 4) is 0 Å². The minimum Gasteiger partial charge on any atom is -0.361 e. The van der Waals surface area contributed by atoms with Crippen LogP contribution >= 0.6 is 12.2 Å². The van der Waals surface area contributed by atoms with Gasteiger partial charge in [0.15, 0.2) is 5.11 Å². The summed E-state index contributed by atoms with van der Waals surface area (Å²) in [4.78, 5) is 0. The van der Waals surface area contributed by atoms with E-state index in [-0.39, 0.29) is 0 Å². The summed E-state index contributed by atoms with van der Waals surface area (Å²) in [5, 5.41) is 11.2. The first-order valence-electron chi connectivity index (χ1n) is 6.13. The molecule has 0 atom stereocenters. The number of thiocarbonyl (C=S) groups is 1. The molecule has 0 bridgehead atoms. The Morgan fingerprint density at radius 1 is 1.41 bits per heavy atom. The third-order valence-electron chi connectivity index (χ3n) is 3.30. The Morgan fingerprint density at radius 2 is 2.12 bits per heavy atom. The van der Waals surface area contributed by atoms with E-state index < -0.39 is 0 Å². The second-order valence-corrected chi connectivity index (χ2v) is 5.02. The number of aryl methyl sites for hydroxylation is 2. The molecular weight excluding hydrogens is 234 g/mol. The van der Waals surface area contributed by atoms with E-state index in [2.05, 4.69) is 15.8 Å². The molecule has 0 saturated heterocycles. The Hall–Kier alpha value is -1.10. The van der Waals surface area contributed by atoms with Gasteiger partial charge in [0.05, 0.1) is 5.69 Å². The number of nitrogens with one attached hydrogen (secondary N) is 2. The summed E-state index contributed by atoms with van der Waals surface area (Å²) in [5.41, 5.74) is 2.03. The molecule has 5 heteroatoms. The van der Waals surface area contributed by atoms with E-state index >= 15 is 0 Å². The molecule has 1 aromatic heterocycles. The number of hydrogen-bond donors (Lipinski definition) is 2. The highest BCUT2D eigenvalue weighted by molar-refractivity contribution is 7.80. The molecule has 0 spiro atoms. The molecule has 0 amide bonds. The third-order valence-corrected chi connectivity index (χ3v) is 3.56. The van der Waals surface area contributed by atoms with Crippen LogP contribution < -0.4 is 10.6 Å². The summed E-state index contributed by atoms with van der Waals surface area (Å²) in [6.45, 7) is 4.55. The van der Waals surface area contributed by atoms with E-state index in [1.54, 1.807) is 0 Å². The zero-order chi connectivity index (χ0) is 12.3. The van der Waals surface area contributed by atoms with Gasteiger partial charge in [0.25, 0.3) is 0 Å². The van der Waals surface area contributed by atoms with Gasteiger partial charge < -0.3 is 15.2 Å². The number of nitrogens with zero attached hydrogens (tertiary/aromatic N) is 1. The molecule has 0 aliphatic heterocycles. The van der Waals surface area contributed by atoms with Gasteiger partial charge in [-0.2, -0.15) is 0 Å². The Bertz CT molecular complexity index is 377. The molecule has 0 unspecified atom stereocenters. The second kappa shape index (κ2) is 5.49. The molecule has 0 radical (unpaired) electrons. The normalized spacial score (nSPS) is 16.1. The molecule has 4 nitrogen and oxygen atoms in total. The van der Waals surface area contributed by atoms with Gasteiger partial charge in [-0.1, -0.05) is 18.0 Å². The molecule has 1 aliphatic rings. The van der Waals surface area contributed by atoms with Gasteiger partial charge in [-0.25, -0.2) is 0 Å². The van der Waals surface area contributed by atoms with Gasteiger partial charge in [-0.05, 0) is 38.9 Å². The summed E-state index contributed by atoms with van der Waals surface area (Å²) in [5.74, 6) is 0.860. The zero-order valence-corrected chi connectivity index (χ0v) is 11.2. The average Bonchev–Trinajstić information content (AvgIpc) is 2.88. The number of aromatic nitrogens is 1. The van der Waals surface area contributed by atoms with E-state index in [1.807, 2.05) is 13.8 Å². The van der Waals surface area contributed by atoms with E-state index in [9.17, 15) is 0 Å². The molecule has 1 saturated carbocycles. The Morgan fingerprint density at radius 3 is 2.71 bits per heavy atom. The largest absolute Gasteiger partial charge is 0.361 e. The molecule has 17 heavy (non-hydrogen) atoms. The van der Waals surface area contributed by atoms with Crippen molar-refractivity contribution in [2.24, 2.45) is 0 Å². The first-order chi connectivity index (χ1) is 8.16. The minimum atomic E-state index is 0.555. The van der Waals surface area contributed by atoms with Crippen molar-refractivity contribution >= 4 is 17.3 Å². The summed E-state index contributed by atoms with van der Waals surface area (Å²) >= 11 is 5.28. The summed E-state index contributed by atoms with van der Waals surface area (Å²) in [6.07, 6.45) is 5.08. The van der Waals surface area contributed by atoms with E-state index in [0.29, 0.717) is 12.6 Å². The lowest BCUT2D eigenvalue weighted by atomic mass is 10.2. The fourth-order valence-corrected chi connectivity index (χ4v) is 2.47. The summed E-state index contributed by atoms with van der Waals surface area (Å²) in [6, 6.07) is 0.555. The van der Waals surface area contributed by atoms with E-state index in [1.165, 1.54) is 25.7 Å². The van der Waals surface area contributed by atoms with Crippen molar-refractivity contribution in [3.63, 3.8) is 0 Å². The average molecular weight is 253 g/mol. The van der Waals surface area contributed by atoms with E-state index in [0.717, 1.165) is 22.1 Å². The van der Waals surface area contributed by atoms with Crippen molar-refractivity contribution in [1.82, 2.24) is 15.8 Å². The Balaban J connectivity index is 1.79. The topological polar surface area (TPSA) is 50.1 Å². The highest BCUT2D eigenvalue weighted by Gasteiger charge is 2.15. The maximum atomic E-state index is 5.28. The van der Waals surface area contributed by atoms with Gasteiger partial charge in [-0.3, -0.25) is 0 Å². The third kappa shape index (κ3) is 3.19. The number of rotatable bonds is 3. The van der Waals surface area contributed by atoms with Crippen LogP contribution in [0.3, 0.4) is 0 Å². The van der Waals surface area contributed by atoms with Gasteiger partial charge in [0.1, 0.15) is 5.76 Å². The maximum Gasteiger partial charge on any atom is 0.166 e. The Kier molecular flexibility index (Phi) is 3.99. The quantitative estimate of drug-likeness (QED) is 0.809. The second-order valence-electron chi connectivity index (χ2n) is 4.61. The van der Waals surface area contributed by atoms with Crippen LogP contribution in [-0.4, -0.2) is 16.3 Å². The molecular formula is C12H19N3OS. The van der Waals surface area contributed by atoms with Crippen LogP contribution in [0.5, 0.6) is 0 Å². The van der Waals surface area contributed by atoms with Gasteiger partial charge in [0, 0.05) is 18.2 Å². The number of hydrogen-bond acceptors (Lipinski definition) is 3. The lowest BCUT2D eigenvalue weighted by Crippen LogP contribution is -2.40. The van der Waals surface area contributed by atoms with Gasteiger partial charge in [-0.15, -0.1) is 0 Å². The summed E-state index contributed by atoms with van der Waals surface area (Å²) in [7, 11) is 0. The highest BCUT2D eigenvalue weighted by atomic mass is 32.1. The standard InChI is InChI=1S/C12H19N3OS/c1-8-11(9(2)16-15-8)7-13-12(17)14-10-5-3-4-6-10/h10H,3-7H2,1-2H3,(H2,13,14,17). The molecule has 2 rings (SSSR count). The first-order valence-corrected chi connectivity index (χ1v) is 6.53. The molecule has 1 aromatic rings. The lowest BCUT2D eigenvalue weighted by molar-refractivity contribution is 0.392. The van der Waals surface area contributed by atoms with E-state index in [4.69, 9.17) is 16.7 Å². The lowest BCUT2D eigenvalue weighted by Gasteiger charge is -2.15. The van der Waals surface area contributed by atoms with Crippen molar-refractivity contribution in [2.45, 2.75) is 52.1 Å². The fraction of sp³-hybridized carbons (Fsp3) is 0.667. The molecule has 0 aromatic carbocycles. The zero-order valence-electron chi connectivity index (χ0n) is 10.4. The predicted molar refractivity (Wildman–Crippen MR) is 70.8 cm³/mol. The Labute approximate surface area is 107 Å². The first kappa shape index (κ1) is 12.4. The highest BCUT2D eigenvalue weighted by Crippen LogP contribution is 2.17. The monoisotopic (exact) mass is 253 g/mol. The van der Waals surface area contributed by atoms with Crippen LogP contribution in [0, 0.1) is 13.8 Å². The SMILES string of the molecule is Cc1noc(C)c1CNC(=S)NC1CCCC1.